The number of halogens is 1. The van der Waals surface area contributed by atoms with Crippen LogP contribution in [0.2, 0.25) is 5.02 Å². The molecule has 1 heterocycles. The third kappa shape index (κ3) is 3.61. The summed E-state index contributed by atoms with van der Waals surface area (Å²) in [5.74, 6) is -0.0356. The quantitative estimate of drug-likeness (QED) is 0.923. The molecular formula is C14H19ClN2O2. The van der Waals surface area contributed by atoms with E-state index in [1.807, 2.05) is 0 Å². The summed E-state index contributed by atoms with van der Waals surface area (Å²) in [5.41, 5.74) is 1.40. The van der Waals surface area contributed by atoms with Gasteiger partial charge in [-0.15, -0.1) is 0 Å². The van der Waals surface area contributed by atoms with Crippen molar-refractivity contribution in [3.63, 3.8) is 0 Å². The van der Waals surface area contributed by atoms with E-state index in [0.29, 0.717) is 17.1 Å². The average Bonchev–Trinajstić information content (AvgIpc) is 2.88. The number of ether oxygens (including phenoxy) is 1. The molecule has 0 aromatic heterocycles. The number of hydrogen-bond donors (Lipinski definition) is 1. The normalized spacial score (nSPS) is 18.4. The molecule has 1 saturated heterocycles. The summed E-state index contributed by atoms with van der Waals surface area (Å²) >= 11 is 6.00. The molecule has 1 unspecified atom stereocenters. The number of anilines is 1. The van der Waals surface area contributed by atoms with Crippen molar-refractivity contribution in [2.45, 2.75) is 18.9 Å². The van der Waals surface area contributed by atoms with Gasteiger partial charge in [0.2, 0.25) is 0 Å². The van der Waals surface area contributed by atoms with Gasteiger partial charge in [-0.3, -0.25) is 4.79 Å². The van der Waals surface area contributed by atoms with Crippen molar-refractivity contribution < 1.29 is 9.53 Å². The van der Waals surface area contributed by atoms with Gasteiger partial charge in [0.1, 0.15) is 0 Å². The first-order chi connectivity index (χ1) is 9.08. The number of benzene rings is 1. The molecule has 104 valence electrons. The molecule has 0 saturated carbocycles. The highest BCUT2D eigenvalue weighted by atomic mass is 35.5. The molecule has 1 atom stereocenters. The molecule has 1 aliphatic rings. The predicted octanol–water partition coefficient (Wildman–Crippen LogP) is 2.63. The number of carbonyl (C=O) groups excluding carboxylic acids is 1. The minimum atomic E-state index is -0.0356. The Morgan fingerprint density at radius 3 is 2.95 bits per heavy atom. The van der Waals surface area contributed by atoms with Crippen LogP contribution in [-0.2, 0) is 4.74 Å². The minimum absolute atomic E-state index is 0.0356. The van der Waals surface area contributed by atoms with Crippen LogP contribution in [-0.4, -0.2) is 44.2 Å². The fourth-order valence-electron chi connectivity index (χ4n) is 2.12. The van der Waals surface area contributed by atoms with Crippen LogP contribution < -0.4 is 5.32 Å². The highest BCUT2D eigenvalue weighted by molar-refractivity contribution is 6.31. The molecular weight excluding hydrogens is 264 g/mol. The number of nitrogens with one attached hydrogen (secondary N) is 1. The van der Waals surface area contributed by atoms with Crippen LogP contribution in [0.4, 0.5) is 5.69 Å². The van der Waals surface area contributed by atoms with Crippen LogP contribution in [0.3, 0.4) is 0 Å². The number of amides is 1. The topological polar surface area (TPSA) is 41.6 Å². The maximum absolute atomic E-state index is 12.1. The third-order valence-electron chi connectivity index (χ3n) is 3.16. The van der Waals surface area contributed by atoms with Crippen molar-refractivity contribution in [3.8, 4) is 0 Å². The number of rotatable bonds is 4. The molecule has 4 nitrogen and oxygen atoms in total. The van der Waals surface area contributed by atoms with Crippen molar-refractivity contribution in [2.24, 2.45) is 0 Å². The summed E-state index contributed by atoms with van der Waals surface area (Å²) in [5, 5.41) is 3.89. The largest absolute Gasteiger partial charge is 0.382 e. The van der Waals surface area contributed by atoms with E-state index in [2.05, 4.69) is 5.32 Å². The molecule has 0 bridgehead atoms. The van der Waals surface area contributed by atoms with Gasteiger partial charge >= 0.3 is 0 Å². The van der Waals surface area contributed by atoms with Gasteiger partial charge in [-0.2, -0.15) is 0 Å². The van der Waals surface area contributed by atoms with E-state index >= 15 is 0 Å². The first-order valence-corrected chi connectivity index (χ1v) is 6.82. The van der Waals surface area contributed by atoms with Gasteiger partial charge in [-0.25, -0.2) is 0 Å². The second-order valence-electron chi connectivity index (χ2n) is 4.91. The standard InChI is InChI=1S/C14H19ClN2O2/c1-17(2)14(18)12-6-5-10(15)8-13(12)16-9-11-4-3-7-19-11/h5-6,8,11,16H,3-4,7,9H2,1-2H3. The molecule has 1 fully saturated rings. The monoisotopic (exact) mass is 282 g/mol. The first kappa shape index (κ1) is 14.2. The van der Waals surface area contributed by atoms with E-state index in [1.54, 1.807) is 37.2 Å². The molecule has 0 aliphatic carbocycles. The predicted molar refractivity (Wildman–Crippen MR) is 76.9 cm³/mol. The van der Waals surface area contributed by atoms with Gasteiger partial charge in [0.05, 0.1) is 11.7 Å². The minimum Gasteiger partial charge on any atom is -0.382 e. The summed E-state index contributed by atoms with van der Waals surface area (Å²) in [7, 11) is 3.47. The zero-order valence-electron chi connectivity index (χ0n) is 11.3. The number of hydrogen-bond acceptors (Lipinski definition) is 3. The lowest BCUT2D eigenvalue weighted by molar-refractivity contribution is 0.0828. The molecule has 1 aliphatic heterocycles. The fourth-order valence-corrected chi connectivity index (χ4v) is 2.29. The van der Waals surface area contributed by atoms with E-state index in [4.69, 9.17) is 16.3 Å². The van der Waals surface area contributed by atoms with Gasteiger partial charge in [-0.05, 0) is 31.0 Å². The summed E-state index contributed by atoms with van der Waals surface area (Å²) in [4.78, 5) is 13.6. The second-order valence-corrected chi connectivity index (χ2v) is 5.34. The van der Waals surface area contributed by atoms with Crippen molar-refractivity contribution in [1.82, 2.24) is 4.90 Å². The van der Waals surface area contributed by atoms with Crippen molar-refractivity contribution in [2.75, 3.05) is 32.6 Å². The van der Waals surface area contributed by atoms with Crippen LogP contribution in [0.25, 0.3) is 0 Å². The lowest BCUT2D eigenvalue weighted by Crippen LogP contribution is -2.24. The van der Waals surface area contributed by atoms with Gasteiger partial charge < -0.3 is 15.0 Å². The average molecular weight is 283 g/mol. The molecule has 1 amide bonds. The lowest BCUT2D eigenvalue weighted by Gasteiger charge is -2.17. The Balaban J connectivity index is 2.12. The Bertz CT molecular complexity index is 457. The van der Waals surface area contributed by atoms with E-state index in [9.17, 15) is 4.79 Å². The lowest BCUT2D eigenvalue weighted by atomic mass is 10.1. The zero-order chi connectivity index (χ0) is 13.8. The Morgan fingerprint density at radius 2 is 2.32 bits per heavy atom. The highest BCUT2D eigenvalue weighted by Crippen LogP contribution is 2.23. The Labute approximate surface area is 118 Å². The molecule has 1 N–H and O–H groups in total. The molecule has 1 aromatic rings. The first-order valence-electron chi connectivity index (χ1n) is 6.44. The summed E-state index contributed by atoms with van der Waals surface area (Å²) in [6.07, 6.45) is 2.39. The van der Waals surface area contributed by atoms with Gasteiger partial charge in [0, 0.05) is 38.0 Å². The maximum Gasteiger partial charge on any atom is 0.255 e. The van der Waals surface area contributed by atoms with Crippen molar-refractivity contribution >= 4 is 23.2 Å². The number of nitrogens with zero attached hydrogens (tertiary/aromatic N) is 1. The SMILES string of the molecule is CN(C)C(=O)c1ccc(Cl)cc1NCC1CCCO1. The van der Waals surface area contributed by atoms with Gasteiger partial charge in [0.15, 0.2) is 0 Å². The van der Waals surface area contributed by atoms with Crippen LogP contribution >= 0.6 is 11.6 Å². The summed E-state index contributed by atoms with van der Waals surface area (Å²) in [6, 6.07) is 5.27. The smallest absolute Gasteiger partial charge is 0.255 e. The molecule has 0 radical (unpaired) electrons. The number of carbonyl (C=O) groups is 1. The van der Waals surface area contributed by atoms with E-state index in [-0.39, 0.29) is 12.0 Å². The van der Waals surface area contributed by atoms with E-state index in [0.717, 1.165) is 25.1 Å². The second kappa shape index (κ2) is 6.26. The van der Waals surface area contributed by atoms with Crippen LogP contribution in [0, 0.1) is 0 Å². The molecule has 1 aromatic carbocycles. The maximum atomic E-state index is 12.1. The van der Waals surface area contributed by atoms with Crippen molar-refractivity contribution in [3.05, 3.63) is 28.8 Å². The molecule has 0 spiro atoms. The van der Waals surface area contributed by atoms with Gasteiger partial charge in [0.25, 0.3) is 5.91 Å². The zero-order valence-corrected chi connectivity index (χ0v) is 12.0. The summed E-state index contributed by atoms with van der Waals surface area (Å²) < 4.78 is 5.56. The van der Waals surface area contributed by atoms with Crippen LogP contribution in [0.1, 0.15) is 23.2 Å². The van der Waals surface area contributed by atoms with Crippen LogP contribution in [0.15, 0.2) is 18.2 Å². The molecule has 2 rings (SSSR count). The van der Waals surface area contributed by atoms with Crippen molar-refractivity contribution in [1.29, 1.82) is 0 Å². The fraction of sp³-hybridized carbons (Fsp3) is 0.500. The van der Waals surface area contributed by atoms with E-state index in [1.165, 1.54) is 0 Å². The van der Waals surface area contributed by atoms with Crippen LogP contribution in [0.5, 0.6) is 0 Å². The third-order valence-corrected chi connectivity index (χ3v) is 3.40. The Morgan fingerprint density at radius 1 is 1.53 bits per heavy atom. The Kier molecular flexibility index (Phi) is 4.66. The van der Waals surface area contributed by atoms with Gasteiger partial charge in [-0.1, -0.05) is 11.6 Å². The van der Waals surface area contributed by atoms with E-state index < -0.39 is 0 Å². The highest BCUT2D eigenvalue weighted by Gasteiger charge is 2.18. The Hall–Kier alpha value is -1.26. The molecule has 19 heavy (non-hydrogen) atoms. The summed E-state index contributed by atoms with van der Waals surface area (Å²) in [6.45, 7) is 1.53. The molecule has 5 heteroatoms.